The molecule has 0 aliphatic carbocycles. The average molecular weight is 300 g/mol. The summed E-state index contributed by atoms with van der Waals surface area (Å²) in [6.07, 6.45) is 1.98. The van der Waals surface area contributed by atoms with Crippen molar-refractivity contribution in [3.63, 3.8) is 0 Å². The van der Waals surface area contributed by atoms with Crippen LogP contribution in [0.15, 0.2) is 18.2 Å². The van der Waals surface area contributed by atoms with Crippen LogP contribution in [0.4, 0.5) is 0 Å². The lowest BCUT2D eigenvalue weighted by Crippen LogP contribution is -2.18. The number of alkyl halides is 1. The van der Waals surface area contributed by atoms with Gasteiger partial charge in [0, 0.05) is 13.0 Å². The number of rotatable bonds is 4. The van der Waals surface area contributed by atoms with Crippen LogP contribution >= 0.6 is 15.9 Å². The Bertz CT molecular complexity index is 370. The van der Waals surface area contributed by atoms with Crippen LogP contribution in [0.3, 0.4) is 0 Å². The molecule has 4 heteroatoms. The van der Waals surface area contributed by atoms with Gasteiger partial charge in [-0.15, -0.1) is 0 Å². The van der Waals surface area contributed by atoms with Crippen LogP contribution in [0.5, 0.6) is 11.5 Å². The van der Waals surface area contributed by atoms with Crippen LogP contribution in [0, 0.1) is 0 Å². The molecule has 1 aliphatic heterocycles. The zero-order chi connectivity index (χ0) is 12.1. The molecule has 17 heavy (non-hydrogen) atoms. The first-order chi connectivity index (χ1) is 8.29. The van der Waals surface area contributed by atoms with Crippen molar-refractivity contribution >= 4 is 15.9 Å². The summed E-state index contributed by atoms with van der Waals surface area (Å²) in [7, 11) is 2.10. The van der Waals surface area contributed by atoms with Crippen molar-refractivity contribution in [2.45, 2.75) is 12.8 Å². The fraction of sp³-hybridized carbons (Fsp3) is 0.538. The molecule has 3 nitrogen and oxygen atoms in total. The molecular formula is C13H18BrNO2. The number of halogens is 1. The van der Waals surface area contributed by atoms with Gasteiger partial charge < -0.3 is 9.47 Å². The highest BCUT2D eigenvalue weighted by Crippen LogP contribution is 2.30. The van der Waals surface area contributed by atoms with Gasteiger partial charge in [-0.1, -0.05) is 22.0 Å². The lowest BCUT2D eigenvalue weighted by atomic mass is 10.1. The first kappa shape index (κ1) is 12.7. The summed E-state index contributed by atoms with van der Waals surface area (Å²) >= 11 is 3.44. The van der Waals surface area contributed by atoms with Crippen molar-refractivity contribution in [1.29, 1.82) is 0 Å². The van der Waals surface area contributed by atoms with Crippen molar-refractivity contribution in [3.8, 4) is 11.5 Å². The summed E-state index contributed by atoms with van der Waals surface area (Å²) in [5, 5.41) is 0. The van der Waals surface area contributed by atoms with Crippen LogP contribution in [0.2, 0.25) is 0 Å². The van der Waals surface area contributed by atoms with E-state index in [2.05, 4.69) is 40.0 Å². The highest BCUT2D eigenvalue weighted by Gasteiger charge is 2.10. The van der Waals surface area contributed by atoms with Gasteiger partial charge >= 0.3 is 0 Å². The molecule has 1 aromatic rings. The number of benzene rings is 1. The Hall–Kier alpha value is -0.740. The van der Waals surface area contributed by atoms with Crippen molar-refractivity contribution in [3.05, 3.63) is 23.8 Å². The van der Waals surface area contributed by atoms with Crippen LogP contribution in [-0.2, 0) is 6.42 Å². The number of hydrogen-bond acceptors (Lipinski definition) is 3. The van der Waals surface area contributed by atoms with Crippen LogP contribution in [-0.4, -0.2) is 37.2 Å². The Morgan fingerprint density at radius 1 is 1.24 bits per heavy atom. The molecule has 1 aliphatic rings. The maximum Gasteiger partial charge on any atom is 0.161 e. The average Bonchev–Trinajstić information content (AvgIpc) is 2.60. The SMILES string of the molecule is CN(CBr)CCc1ccc2c(c1)OCCCO2. The van der Waals surface area contributed by atoms with Gasteiger partial charge in [-0.05, 0) is 31.2 Å². The predicted molar refractivity (Wildman–Crippen MR) is 72.2 cm³/mol. The minimum atomic E-state index is 0.748. The van der Waals surface area contributed by atoms with E-state index in [1.54, 1.807) is 0 Å². The van der Waals surface area contributed by atoms with Crippen LogP contribution in [0.25, 0.3) is 0 Å². The molecule has 0 bridgehead atoms. The van der Waals surface area contributed by atoms with E-state index in [9.17, 15) is 0 Å². The molecule has 0 spiro atoms. The molecule has 1 aromatic carbocycles. The van der Waals surface area contributed by atoms with E-state index < -0.39 is 0 Å². The molecule has 2 rings (SSSR count). The highest BCUT2D eigenvalue weighted by atomic mass is 79.9. The quantitative estimate of drug-likeness (QED) is 0.630. The molecule has 0 aromatic heterocycles. The van der Waals surface area contributed by atoms with Gasteiger partial charge in [0.2, 0.25) is 0 Å². The van der Waals surface area contributed by atoms with Gasteiger partial charge in [-0.2, -0.15) is 0 Å². The number of hydrogen-bond donors (Lipinski definition) is 0. The van der Waals surface area contributed by atoms with E-state index in [1.165, 1.54) is 5.56 Å². The Morgan fingerprint density at radius 3 is 2.76 bits per heavy atom. The van der Waals surface area contributed by atoms with Gasteiger partial charge in [0.25, 0.3) is 0 Å². The molecule has 0 atom stereocenters. The molecule has 0 N–H and O–H groups in total. The number of ether oxygens (including phenoxy) is 2. The summed E-state index contributed by atoms with van der Waals surface area (Å²) in [5.74, 6) is 1.77. The van der Waals surface area contributed by atoms with Crippen LogP contribution in [0.1, 0.15) is 12.0 Å². The third kappa shape index (κ3) is 3.61. The second-order valence-corrected chi connectivity index (χ2v) is 4.78. The highest BCUT2D eigenvalue weighted by molar-refractivity contribution is 9.09. The van der Waals surface area contributed by atoms with Gasteiger partial charge in [0.1, 0.15) is 0 Å². The van der Waals surface area contributed by atoms with Gasteiger partial charge in [-0.3, -0.25) is 4.90 Å². The summed E-state index contributed by atoms with van der Waals surface area (Å²) in [6, 6.07) is 6.24. The monoisotopic (exact) mass is 299 g/mol. The predicted octanol–water partition coefficient (Wildman–Crippen LogP) is 2.67. The third-order valence-corrected chi connectivity index (χ3v) is 3.65. The second-order valence-electron chi connectivity index (χ2n) is 4.28. The Labute approximate surface area is 111 Å². The minimum Gasteiger partial charge on any atom is -0.490 e. The fourth-order valence-electron chi connectivity index (χ4n) is 1.74. The lowest BCUT2D eigenvalue weighted by molar-refractivity contribution is 0.297. The Morgan fingerprint density at radius 2 is 2.00 bits per heavy atom. The molecule has 1 heterocycles. The smallest absolute Gasteiger partial charge is 0.161 e. The Balaban J connectivity index is 2.02. The number of fused-ring (bicyclic) bond motifs is 1. The van der Waals surface area contributed by atoms with Crippen LogP contribution < -0.4 is 9.47 Å². The topological polar surface area (TPSA) is 21.7 Å². The zero-order valence-corrected chi connectivity index (χ0v) is 11.7. The summed E-state index contributed by atoms with van der Waals surface area (Å²) < 4.78 is 11.3. The van der Waals surface area contributed by atoms with Crippen molar-refractivity contribution in [2.75, 3.05) is 32.3 Å². The molecule has 0 amide bonds. The normalized spacial score (nSPS) is 14.8. The number of likely N-dealkylation sites (N-methyl/N-ethyl adjacent to an activating group) is 1. The number of nitrogens with zero attached hydrogens (tertiary/aromatic N) is 1. The summed E-state index contributed by atoms with van der Waals surface area (Å²) in [5.41, 5.74) is 2.19. The van der Waals surface area contributed by atoms with Crippen molar-refractivity contribution < 1.29 is 9.47 Å². The molecule has 94 valence electrons. The third-order valence-electron chi connectivity index (χ3n) is 2.80. The second kappa shape index (κ2) is 6.26. The standard InChI is InChI=1S/C13H18BrNO2/c1-15(10-14)6-5-11-3-4-12-13(9-11)17-8-2-7-16-12/h3-4,9H,2,5-8,10H2,1H3. The molecule has 0 saturated heterocycles. The maximum absolute atomic E-state index is 5.67. The first-order valence-electron chi connectivity index (χ1n) is 5.92. The first-order valence-corrected chi connectivity index (χ1v) is 7.05. The molecule has 0 unspecified atom stereocenters. The fourth-order valence-corrected chi connectivity index (χ4v) is 1.99. The summed E-state index contributed by atoms with van der Waals surface area (Å²) in [6.45, 7) is 2.53. The maximum atomic E-state index is 5.67. The molecule has 0 fully saturated rings. The van der Waals surface area contributed by atoms with E-state index in [1.807, 2.05) is 6.07 Å². The van der Waals surface area contributed by atoms with Gasteiger partial charge in [-0.25, -0.2) is 0 Å². The van der Waals surface area contributed by atoms with Gasteiger partial charge in [0.15, 0.2) is 11.5 Å². The van der Waals surface area contributed by atoms with E-state index in [0.29, 0.717) is 0 Å². The minimum absolute atomic E-state index is 0.748. The molecular weight excluding hydrogens is 282 g/mol. The van der Waals surface area contributed by atoms with Crippen molar-refractivity contribution in [1.82, 2.24) is 4.90 Å². The van der Waals surface area contributed by atoms with E-state index >= 15 is 0 Å². The molecule has 0 radical (unpaired) electrons. The van der Waals surface area contributed by atoms with E-state index in [0.717, 1.165) is 49.6 Å². The zero-order valence-electron chi connectivity index (χ0n) is 10.1. The van der Waals surface area contributed by atoms with E-state index in [-0.39, 0.29) is 0 Å². The van der Waals surface area contributed by atoms with E-state index in [4.69, 9.17) is 9.47 Å². The Kier molecular flexibility index (Phi) is 4.68. The largest absolute Gasteiger partial charge is 0.490 e. The van der Waals surface area contributed by atoms with Gasteiger partial charge in [0.05, 0.1) is 18.7 Å². The lowest BCUT2D eigenvalue weighted by Gasteiger charge is -2.13. The summed E-state index contributed by atoms with van der Waals surface area (Å²) in [4.78, 5) is 2.23. The molecule has 0 saturated carbocycles. The van der Waals surface area contributed by atoms with Crippen molar-refractivity contribution in [2.24, 2.45) is 0 Å².